The van der Waals surface area contributed by atoms with Crippen molar-refractivity contribution < 1.29 is 9.90 Å². The van der Waals surface area contributed by atoms with Crippen molar-refractivity contribution in [2.24, 2.45) is 0 Å². The number of fused-ring (bicyclic) bond motifs is 1. The minimum Gasteiger partial charge on any atom is -0.549 e. The first-order valence-corrected chi connectivity index (χ1v) is 9.17. The van der Waals surface area contributed by atoms with E-state index in [1.165, 1.54) is 11.8 Å². The molecule has 0 fully saturated rings. The first kappa shape index (κ1) is 18.7. The van der Waals surface area contributed by atoms with Crippen molar-refractivity contribution in [2.45, 2.75) is 23.5 Å². The third-order valence-electron chi connectivity index (χ3n) is 4.36. The number of hydrogen-bond donors (Lipinski definition) is 0. The molecule has 0 aliphatic carbocycles. The Kier molecular flexibility index (Phi) is 5.06. The molecule has 1 heterocycles. The number of benzene rings is 2. The molecule has 136 valence electrons. The van der Waals surface area contributed by atoms with Gasteiger partial charge in [-0.05, 0) is 32.0 Å². The number of pyridine rings is 1. The minimum absolute atomic E-state index is 0.613. The van der Waals surface area contributed by atoms with E-state index in [0.717, 1.165) is 27.0 Å². The Bertz CT molecular complexity index is 1060. The second-order valence-corrected chi connectivity index (χ2v) is 8.26. The Labute approximate surface area is 162 Å². The van der Waals surface area contributed by atoms with E-state index >= 15 is 0 Å². The molecule has 6 heteroatoms. The molecule has 27 heavy (non-hydrogen) atoms. The van der Waals surface area contributed by atoms with Crippen LogP contribution in [0.4, 0.5) is 11.4 Å². The Morgan fingerprint density at radius 3 is 2.52 bits per heavy atom. The predicted octanol–water partition coefficient (Wildman–Crippen LogP) is 3.49. The number of carboxylic acids is 1. The van der Waals surface area contributed by atoms with Crippen LogP contribution in [-0.2, 0) is 4.79 Å². The molecule has 0 saturated carbocycles. The Morgan fingerprint density at radius 1 is 1.15 bits per heavy atom. The number of hydrogen-bond acceptors (Lipinski definition) is 6. The molecule has 0 spiro atoms. The summed E-state index contributed by atoms with van der Waals surface area (Å²) in [5.41, 5.74) is 2.30. The van der Waals surface area contributed by atoms with Crippen molar-refractivity contribution in [3.05, 3.63) is 60.4 Å². The van der Waals surface area contributed by atoms with E-state index in [4.69, 9.17) is 0 Å². The van der Waals surface area contributed by atoms with Crippen molar-refractivity contribution in [1.82, 2.24) is 4.98 Å². The second kappa shape index (κ2) is 7.29. The van der Waals surface area contributed by atoms with Crippen LogP contribution >= 0.6 is 11.8 Å². The molecular formula is C21H18N3O2S-. The van der Waals surface area contributed by atoms with Gasteiger partial charge in [0.25, 0.3) is 0 Å². The summed E-state index contributed by atoms with van der Waals surface area (Å²) in [5.74, 6) is -1.12. The number of thioether (sulfide) groups is 1. The molecular weight excluding hydrogens is 358 g/mol. The van der Waals surface area contributed by atoms with Crippen LogP contribution in [0.2, 0.25) is 0 Å². The summed E-state index contributed by atoms with van der Waals surface area (Å²) in [7, 11) is 1.90. The van der Waals surface area contributed by atoms with Crippen molar-refractivity contribution in [2.75, 3.05) is 11.9 Å². The summed E-state index contributed by atoms with van der Waals surface area (Å²) in [6.07, 6.45) is 3.35. The van der Waals surface area contributed by atoms with Crippen LogP contribution in [0.5, 0.6) is 0 Å². The van der Waals surface area contributed by atoms with E-state index in [-0.39, 0.29) is 0 Å². The van der Waals surface area contributed by atoms with Crippen LogP contribution in [0.1, 0.15) is 19.4 Å². The quantitative estimate of drug-likeness (QED) is 0.634. The summed E-state index contributed by atoms with van der Waals surface area (Å²) in [6.45, 7) is 3.24. The molecule has 0 aliphatic rings. The highest BCUT2D eigenvalue weighted by Gasteiger charge is 2.24. The lowest BCUT2D eigenvalue weighted by atomic mass is 10.0. The molecule has 0 saturated heterocycles. The number of nitrogens with zero attached hydrogens (tertiary/aromatic N) is 3. The van der Waals surface area contributed by atoms with Crippen LogP contribution in [0.15, 0.2) is 59.8 Å². The average Bonchev–Trinajstić information content (AvgIpc) is 2.66. The average molecular weight is 376 g/mol. The van der Waals surface area contributed by atoms with Gasteiger partial charge in [-0.2, -0.15) is 5.26 Å². The standard InChI is InChI=1S/C21H19N3O2S/c1-21(2,20(25)26)27-19-10-11-23-13-18(19)24(3)17-9-8-14(12-22)15-6-4-5-7-16(15)17/h4-11,13H,1-3H3,(H,25,26)/p-1. The smallest absolute Gasteiger partial charge is 0.0998 e. The van der Waals surface area contributed by atoms with Gasteiger partial charge in [-0.25, -0.2) is 0 Å². The van der Waals surface area contributed by atoms with Gasteiger partial charge in [-0.1, -0.05) is 24.3 Å². The van der Waals surface area contributed by atoms with E-state index in [0.29, 0.717) is 5.56 Å². The van der Waals surface area contributed by atoms with Crippen LogP contribution in [-0.4, -0.2) is 22.7 Å². The minimum atomic E-state index is -1.12. The molecule has 3 rings (SSSR count). The summed E-state index contributed by atoms with van der Waals surface area (Å²) in [5, 5.41) is 22.6. The van der Waals surface area contributed by atoms with Crippen LogP contribution in [0.25, 0.3) is 10.8 Å². The fourth-order valence-corrected chi connectivity index (χ4v) is 3.89. The molecule has 0 aliphatic heterocycles. The fraction of sp³-hybridized carbons (Fsp3) is 0.190. The molecule has 1 aromatic heterocycles. The van der Waals surface area contributed by atoms with E-state index in [9.17, 15) is 15.2 Å². The van der Waals surface area contributed by atoms with Crippen LogP contribution in [0.3, 0.4) is 0 Å². The number of rotatable bonds is 5. The molecule has 0 amide bonds. The van der Waals surface area contributed by atoms with Gasteiger partial charge in [0.05, 0.1) is 34.2 Å². The van der Waals surface area contributed by atoms with Crippen molar-refractivity contribution in [3.63, 3.8) is 0 Å². The monoisotopic (exact) mass is 376 g/mol. The lowest BCUT2D eigenvalue weighted by Crippen LogP contribution is -2.41. The number of aromatic nitrogens is 1. The Balaban J connectivity index is 2.11. The Hall–Kier alpha value is -3.04. The van der Waals surface area contributed by atoms with Gasteiger partial charge < -0.3 is 14.8 Å². The molecule has 0 bridgehead atoms. The van der Waals surface area contributed by atoms with Gasteiger partial charge in [0.1, 0.15) is 0 Å². The van der Waals surface area contributed by atoms with Crippen molar-refractivity contribution in [3.8, 4) is 6.07 Å². The first-order chi connectivity index (χ1) is 12.8. The third kappa shape index (κ3) is 3.60. The summed E-state index contributed by atoms with van der Waals surface area (Å²) in [6, 6.07) is 15.4. The molecule has 0 atom stereocenters. The number of nitriles is 1. The molecule has 3 aromatic rings. The zero-order valence-electron chi connectivity index (χ0n) is 15.3. The van der Waals surface area contributed by atoms with Gasteiger partial charge in [0.2, 0.25) is 0 Å². The summed E-state index contributed by atoms with van der Waals surface area (Å²) >= 11 is 1.22. The Morgan fingerprint density at radius 2 is 1.85 bits per heavy atom. The van der Waals surface area contributed by atoms with Gasteiger partial charge >= 0.3 is 0 Å². The highest BCUT2D eigenvalue weighted by atomic mass is 32.2. The largest absolute Gasteiger partial charge is 0.549 e. The lowest BCUT2D eigenvalue weighted by Gasteiger charge is -2.29. The maximum absolute atomic E-state index is 11.4. The SMILES string of the molecule is CN(c1cnccc1SC(C)(C)C(=O)[O-])c1ccc(C#N)c2ccccc12. The highest BCUT2D eigenvalue weighted by molar-refractivity contribution is 8.01. The van der Waals surface area contributed by atoms with Gasteiger partial charge in [-0.3, -0.25) is 4.98 Å². The maximum atomic E-state index is 11.4. The van der Waals surface area contributed by atoms with Crippen molar-refractivity contribution in [1.29, 1.82) is 5.26 Å². The van der Waals surface area contributed by atoms with Gasteiger partial charge in [0.15, 0.2) is 0 Å². The zero-order chi connectivity index (χ0) is 19.6. The van der Waals surface area contributed by atoms with Crippen molar-refractivity contribution >= 4 is 39.9 Å². The number of carboxylic acid groups (broad SMARTS) is 1. The maximum Gasteiger partial charge on any atom is 0.0998 e. The van der Waals surface area contributed by atoms with Gasteiger partial charge in [-0.15, -0.1) is 11.8 Å². The number of carbonyl (C=O) groups is 1. The van der Waals surface area contributed by atoms with E-state index in [2.05, 4.69) is 11.1 Å². The molecule has 0 radical (unpaired) electrons. The summed E-state index contributed by atoms with van der Waals surface area (Å²) < 4.78 is -1.08. The lowest BCUT2D eigenvalue weighted by molar-refractivity contribution is -0.308. The predicted molar refractivity (Wildman–Crippen MR) is 106 cm³/mol. The zero-order valence-corrected chi connectivity index (χ0v) is 16.1. The molecule has 0 N–H and O–H groups in total. The summed E-state index contributed by atoms with van der Waals surface area (Å²) in [4.78, 5) is 18.4. The number of carbonyl (C=O) groups excluding carboxylic acids is 1. The highest BCUT2D eigenvalue weighted by Crippen LogP contribution is 2.41. The van der Waals surface area contributed by atoms with Gasteiger partial charge in [0, 0.05) is 34.6 Å². The molecule has 2 aromatic carbocycles. The normalized spacial score (nSPS) is 11.2. The number of anilines is 2. The van der Waals surface area contributed by atoms with E-state index in [1.54, 1.807) is 38.4 Å². The molecule has 0 unspecified atom stereocenters. The topological polar surface area (TPSA) is 80.1 Å². The second-order valence-electron chi connectivity index (χ2n) is 6.59. The van der Waals surface area contributed by atoms with E-state index < -0.39 is 10.7 Å². The first-order valence-electron chi connectivity index (χ1n) is 8.35. The van der Waals surface area contributed by atoms with Crippen LogP contribution in [0, 0.1) is 11.3 Å². The third-order valence-corrected chi connectivity index (χ3v) is 5.60. The van der Waals surface area contributed by atoms with E-state index in [1.807, 2.05) is 42.3 Å². The molecule has 5 nitrogen and oxygen atoms in total. The number of aliphatic carboxylic acids is 1. The van der Waals surface area contributed by atoms with Crippen LogP contribution < -0.4 is 10.0 Å². The fourth-order valence-electron chi connectivity index (χ4n) is 2.83.